The summed E-state index contributed by atoms with van der Waals surface area (Å²) < 4.78 is 26.0. The van der Waals surface area contributed by atoms with Crippen molar-refractivity contribution in [3.63, 3.8) is 0 Å². The first-order chi connectivity index (χ1) is 16.4. The van der Waals surface area contributed by atoms with Crippen LogP contribution in [0.4, 0.5) is 9.39 Å². The number of hydrogen-bond donors (Lipinski definition) is 1. The van der Waals surface area contributed by atoms with E-state index in [-0.39, 0.29) is 33.8 Å². The number of halogens is 1. The first-order valence-corrected chi connectivity index (χ1v) is 11.3. The van der Waals surface area contributed by atoms with Gasteiger partial charge in [-0.3, -0.25) is 9.59 Å². The summed E-state index contributed by atoms with van der Waals surface area (Å²) >= 11 is 1.04. The number of nitrogens with zero attached hydrogens (tertiary/aromatic N) is 2. The Morgan fingerprint density at radius 1 is 1.15 bits per heavy atom. The van der Waals surface area contributed by atoms with Crippen molar-refractivity contribution in [2.75, 3.05) is 11.9 Å². The van der Waals surface area contributed by atoms with Gasteiger partial charge < -0.3 is 14.8 Å². The predicted octanol–water partition coefficient (Wildman–Crippen LogP) is 4.17. The van der Waals surface area contributed by atoms with Gasteiger partial charge in [-0.1, -0.05) is 30.3 Å². The summed E-state index contributed by atoms with van der Waals surface area (Å²) in [5.41, 5.74) is -0.990. The number of rotatable bonds is 7. The Morgan fingerprint density at radius 2 is 1.85 bits per heavy atom. The quantitative estimate of drug-likeness (QED) is 0.398. The zero-order valence-electron chi connectivity index (χ0n) is 18.3. The lowest BCUT2D eigenvalue weighted by molar-refractivity contribution is -0.122. The van der Waals surface area contributed by atoms with Crippen LogP contribution in [0.15, 0.2) is 64.8 Å². The van der Waals surface area contributed by atoms with Crippen LogP contribution in [0.25, 0.3) is 16.5 Å². The Hall–Kier alpha value is -4.05. The van der Waals surface area contributed by atoms with Gasteiger partial charge in [-0.2, -0.15) is 9.78 Å². The minimum Gasteiger partial charge on any atom is -0.481 e. The second-order valence-corrected chi connectivity index (χ2v) is 8.03. The molecule has 0 spiro atoms. The zero-order valence-corrected chi connectivity index (χ0v) is 19.1. The molecule has 2 aromatic carbocycles. The highest BCUT2D eigenvalue weighted by Crippen LogP contribution is 2.31. The normalized spacial score (nSPS) is 11.7. The maximum absolute atomic E-state index is 14.5. The van der Waals surface area contributed by atoms with Gasteiger partial charge >= 0.3 is 5.97 Å². The molecule has 0 aliphatic rings. The second kappa shape index (κ2) is 9.84. The SMILES string of the molecule is CCOC(=O)c1nn(-c2ccccc2F)c(=O)c2c(NC(=O)C(C)Oc3ccccc3)scc12. The lowest BCUT2D eigenvalue weighted by Crippen LogP contribution is -2.31. The molecule has 0 saturated carbocycles. The van der Waals surface area contributed by atoms with Gasteiger partial charge in [0.05, 0.1) is 12.0 Å². The van der Waals surface area contributed by atoms with E-state index in [0.29, 0.717) is 5.75 Å². The van der Waals surface area contributed by atoms with E-state index in [0.717, 1.165) is 16.0 Å². The first-order valence-electron chi connectivity index (χ1n) is 10.4. The van der Waals surface area contributed by atoms with Crippen LogP contribution in [0.2, 0.25) is 0 Å². The van der Waals surface area contributed by atoms with Crippen LogP contribution < -0.4 is 15.6 Å². The van der Waals surface area contributed by atoms with Gasteiger partial charge in [0.2, 0.25) is 0 Å². The summed E-state index contributed by atoms with van der Waals surface area (Å²) in [6.07, 6.45) is -0.875. The average Bonchev–Trinajstić information content (AvgIpc) is 3.25. The summed E-state index contributed by atoms with van der Waals surface area (Å²) in [5.74, 6) is -1.46. The smallest absolute Gasteiger partial charge is 0.359 e. The highest BCUT2D eigenvalue weighted by atomic mass is 32.1. The Balaban J connectivity index is 1.78. The van der Waals surface area contributed by atoms with Crippen LogP contribution in [0, 0.1) is 5.82 Å². The van der Waals surface area contributed by atoms with Crippen molar-refractivity contribution < 1.29 is 23.5 Å². The van der Waals surface area contributed by atoms with Crippen LogP contribution in [0.5, 0.6) is 5.75 Å². The van der Waals surface area contributed by atoms with Crippen molar-refractivity contribution in [2.24, 2.45) is 0 Å². The van der Waals surface area contributed by atoms with Crippen molar-refractivity contribution >= 4 is 39.0 Å². The lowest BCUT2D eigenvalue weighted by atomic mass is 10.2. The third-order valence-corrected chi connectivity index (χ3v) is 5.76. The van der Waals surface area contributed by atoms with E-state index < -0.39 is 29.4 Å². The number of aromatic nitrogens is 2. The minimum atomic E-state index is -0.875. The number of para-hydroxylation sites is 2. The highest BCUT2D eigenvalue weighted by Gasteiger charge is 2.25. The number of amides is 1. The lowest BCUT2D eigenvalue weighted by Gasteiger charge is -2.14. The fraction of sp³-hybridized carbons (Fsp3) is 0.167. The summed E-state index contributed by atoms with van der Waals surface area (Å²) in [6, 6.07) is 14.4. The zero-order chi connectivity index (χ0) is 24.2. The largest absolute Gasteiger partial charge is 0.481 e. The van der Waals surface area contributed by atoms with E-state index in [4.69, 9.17) is 9.47 Å². The van der Waals surface area contributed by atoms with Gasteiger partial charge in [0.25, 0.3) is 11.5 Å². The molecule has 174 valence electrons. The molecular weight excluding hydrogens is 461 g/mol. The summed E-state index contributed by atoms with van der Waals surface area (Å²) in [6.45, 7) is 3.29. The molecule has 2 aromatic heterocycles. The number of benzene rings is 2. The summed E-state index contributed by atoms with van der Waals surface area (Å²) in [4.78, 5) is 38.7. The van der Waals surface area contributed by atoms with Gasteiger partial charge in [-0.05, 0) is 38.1 Å². The van der Waals surface area contributed by atoms with E-state index in [1.165, 1.54) is 23.6 Å². The second-order valence-electron chi connectivity index (χ2n) is 7.15. The standard InChI is InChI=1S/C24H20FN3O5S/c1-3-32-24(31)20-16-13-34-22(26-21(29)14(2)33-15-9-5-4-6-10-15)19(16)23(30)28(27-20)18-12-8-7-11-17(18)25/h4-14H,3H2,1-2H3,(H,26,29). The molecule has 0 radical (unpaired) electrons. The molecule has 4 aromatic rings. The van der Waals surface area contributed by atoms with Gasteiger partial charge in [0.15, 0.2) is 11.8 Å². The average molecular weight is 482 g/mol. The van der Waals surface area contributed by atoms with E-state index in [9.17, 15) is 18.8 Å². The van der Waals surface area contributed by atoms with Crippen molar-refractivity contribution in [1.82, 2.24) is 9.78 Å². The van der Waals surface area contributed by atoms with Gasteiger partial charge in [-0.25, -0.2) is 9.18 Å². The van der Waals surface area contributed by atoms with E-state index in [2.05, 4.69) is 10.4 Å². The number of carbonyl (C=O) groups excluding carboxylic acids is 2. The monoisotopic (exact) mass is 481 g/mol. The third kappa shape index (κ3) is 4.53. The Bertz CT molecular complexity index is 1420. The van der Waals surface area contributed by atoms with Crippen molar-refractivity contribution in [3.8, 4) is 11.4 Å². The summed E-state index contributed by atoms with van der Waals surface area (Å²) in [7, 11) is 0. The molecule has 0 bridgehead atoms. The van der Waals surface area contributed by atoms with Crippen molar-refractivity contribution in [2.45, 2.75) is 20.0 Å². The number of anilines is 1. The number of esters is 1. The van der Waals surface area contributed by atoms with Crippen LogP contribution in [0.1, 0.15) is 24.3 Å². The van der Waals surface area contributed by atoms with Crippen LogP contribution in [-0.4, -0.2) is 34.4 Å². The van der Waals surface area contributed by atoms with Crippen molar-refractivity contribution in [1.29, 1.82) is 0 Å². The molecule has 1 unspecified atom stereocenters. The first kappa shape index (κ1) is 23.1. The highest BCUT2D eigenvalue weighted by molar-refractivity contribution is 7.16. The van der Waals surface area contributed by atoms with Crippen LogP contribution >= 0.6 is 11.3 Å². The Kier molecular flexibility index (Phi) is 6.69. The Morgan fingerprint density at radius 3 is 2.56 bits per heavy atom. The maximum atomic E-state index is 14.5. The number of hydrogen-bond acceptors (Lipinski definition) is 7. The Labute approximate surface area is 197 Å². The van der Waals surface area contributed by atoms with E-state index in [1.807, 2.05) is 6.07 Å². The molecule has 0 saturated heterocycles. The van der Waals surface area contributed by atoms with Gasteiger partial charge in [-0.15, -0.1) is 11.3 Å². The topological polar surface area (TPSA) is 99.5 Å². The predicted molar refractivity (Wildman–Crippen MR) is 126 cm³/mol. The van der Waals surface area contributed by atoms with Gasteiger partial charge in [0.1, 0.15) is 22.3 Å². The van der Waals surface area contributed by atoms with Crippen LogP contribution in [0.3, 0.4) is 0 Å². The third-order valence-electron chi connectivity index (χ3n) is 4.86. The van der Waals surface area contributed by atoms with E-state index >= 15 is 0 Å². The number of fused-ring (bicyclic) bond motifs is 1. The molecule has 1 atom stereocenters. The van der Waals surface area contributed by atoms with Gasteiger partial charge in [0, 0.05) is 10.8 Å². The molecule has 10 heteroatoms. The molecular formula is C24H20FN3O5S. The molecule has 4 rings (SSSR count). The number of carbonyl (C=O) groups is 2. The molecule has 0 fully saturated rings. The minimum absolute atomic E-state index is 0.0200. The number of nitrogens with one attached hydrogen (secondary N) is 1. The molecule has 2 heterocycles. The van der Waals surface area contributed by atoms with E-state index in [1.54, 1.807) is 44.2 Å². The molecule has 34 heavy (non-hydrogen) atoms. The number of thiophene rings is 1. The molecule has 8 nitrogen and oxygen atoms in total. The number of ether oxygens (including phenoxy) is 2. The molecule has 0 aliphatic heterocycles. The molecule has 0 aliphatic carbocycles. The fourth-order valence-corrected chi connectivity index (χ4v) is 4.19. The fourth-order valence-electron chi connectivity index (χ4n) is 3.25. The maximum Gasteiger partial charge on any atom is 0.359 e. The summed E-state index contributed by atoms with van der Waals surface area (Å²) in [5, 5.41) is 8.71. The molecule has 1 amide bonds. The van der Waals surface area contributed by atoms with Crippen molar-refractivity contribution in [3.05, 3.63) is 81.8 Å². The molecule has 1 N–H and O–H groups in total. The van der Waals surface area contributed by atoms with Crippen LogP contribution in [-0.2, 0) is 9.53 Å².